The highest BCUT2D eigenvalue weighted by atomic mass is 32.1. The van der Waals surface area contributed by atoms with Gasteiger partial charge in [-0.3, -0.25) is 78.8 Å². The molecule has 1 aromatic carbocycles. The normalized spacial score (nSPS) is 14.3. The van der Waals surface area contributed by atoms with E-state index >= 15 is 0 Å². The summed E-state index contributed by atoms with van der Waals surface area (Å²) >= 11 is 3.99. The summed E-state index contributed by atoms with van der Waals surface area (Å²) < 4.78 is 0. The van der Waals surface area contributed by atoms with Crippen molar-refractivity contribution in [2.24, 2.45) is 51.6 Å². The van der Waals surface area contributed by atoms with Gasteiger partial charge in [-0.25, -0.2) is 4.79 Å². The van der Waals surface area contributed by atoms with Gasteiger partial charge in [0.15, 0.2) is 6.04 Å². The average Bonchev–Trinajstić information content (AvgIpc) is 0.873. The summed E-state index contributed by atoms with van der Waals surface area (Å²) in [6, 6.07) is -8.66. The minimum atomic E-state index is -1.63. The molecule has 0 aliphatic heterocycles. The second-order valence-electron chi connectivity index (χ2n) is 24.4. The van der Waals surface area contributed by atoms with E-state index in [1.807, 2.05) is 0 Å². The number of thiol groups is 1. The van der Waals surface area contributed by atoms with E-state index < -0.39 is 183 Å². The number of phenols is 1. The number of rotatable bonds is 57. The van der Waals surface area contributed by atoms with Gasteiger partial charge in [-0.1, -0.05) is 12.1 Å². The highest BCUT2D eigenvalue weighted by Gasteiger charge is 2.36. The monoisotopic (exact) mass is 1490 g/mol. The number of hydrogen-bond acceptors (Lipinski definition) is 28. The maximum Gasteiger partial charge on any atom is 0.327 e. The van der Waals surface area contributed by atoms with Crippen LogP contribution in [0.3, 0.4) is 0 Å². The first-order chi connectivity index (χ1) is 48.7. The molecule has 0 saturated carbocycles. The molecule has 1 rings (SSSR count). The largest absolute Gasteiger partial charge is 0.508 e. The van der Waals surface area contributed by atoms with Crippen LogP contribution in [0.25, 0.3) is 0 Å². The number of carboxylic acid groups (broad SMARTS) is 1. The third-order valence-electron chi connectivity index (χ3n) is 15.4. The summed E-state index contributed by atoms with van der Waals surface area (Å²) in [5, 5.41) is 68.3. The Bertz CT molecular complexity index is 2800. The molecule has 0 fully saturated rings. The van der Waals surface area contributed by atoms with Crippen LogP contribution in [0.2, 0.25) is 0 Å². The predicted molar refractivity (Wildman–Crippen MR) is 378 cm³/mol. The molecule has 42 nitrogen and oxygen atoms in total. The number of primary amides is 1. The first kappa shape index (κ1) is 92.9. The Labute approximate surface area is 603 Å². The number of carbonyl (C=O) groups is 13. The van der Waals surface area contributed by atoms with Crippen LogP contribution in [-0.4, -0.2) is 236 Å². The number of aliphatic carboxylic acids is 1. The molecule has 0 bridgehead atoms. The van der Waals surface area contributed by atoms with Crippen molar-refractivity contribution < 1.29 is 89.1 Å². The van der Waals surface area contributed by atoms with E-state index in [1.165, 1.54) is 31.2 Å². The number of unbranched alkanes of at least 4 members (excludes halogenated alkanes) is 2. The molecular formula is C60H116N26O16S+2. The molecule has 43 heteroatoms. The summed E-state index contributed by atoms with van der Waals surface area (Å²) in [6.07, 6.45) is -3.96. The predicted octanol–water partition coefficient (Wildman–Crippen LogP) is -13.7. The number of phenolic OH excluding ortho intramolecular Hbond substituents is 1. The molecule has 0 aliphatic rings. The molecule has 42 N–H and O–H groups in total. The Kier molecular flexibility index (Phi) is 47.6. The van der Waals surface area contributed by atoms with E-state index in [2.05, 4.69) is 104 Å². The first-order valence-corrected chi connectivity index (χ1v) is 34.7. The molecular weight excluding hydrogens is 1370 g/mol. The van der Waals surface area contributed by atoms with Crippen molar-refractivity contribution in [3.05, 3.63) is 29.8 Å². The number of amides is 12. The molecule has 10 atom stereocenters. The van der Waals surface area contributed by atoms with E-state index in [1.54, 1.807) is 0 Å². The Morgan fingerprint density at radius 2 is 0.777 bits per heavy atom. The van der Waals surface area contributed by atoms with Gasteiger partial charge < -0.3 is 137 Å². The first-order valence-electron chi connectivity index (χ1n) is 34.1. The van der Waals surface area contributed by atoms with Crippen molar-refractivity contribution in [2.75, 3.05) is 58.2 Å². The van der Waals surface area contributed by atoms with Crippen LogP contribution in [0.4, 0.5) is 0 Å². The van der Waals surface area contributed by atoms with Gasteiger partial charge in [0.1, 0.15) is 91.9 Å². The fraction of sp³-hybridized carbons (Fsp3) is 0.683. The summed E-state index contributed by atoms with van der Waals surface area (Å²) in [5.41, 5.74) is 58.8. The van der Waals surface area contributed by atoms with E-state index in [-0.39, 0.29) is 134 Å². The van der Waals surface area contributed by atoms with Gasteiger partial charge in [0.05, 0.1) is 13.1 Å². The molecule has 0 saturated heterocycles. The van der Waals surface area contributed by atoms with Crippen molar-refractivity contribution in [1.29, 1.82) is 0 Å². The van der Waals surface area contributed by atoms with E-state index in [9.17, 15) is 77.6 Å². The number of hydrogen-bond donors (Lipinski definition) is 30. The Hall–Kier alpha value is -8.12. The van der Waals surface area contributed by atoms with Crippen molar-refractivity contribution >= 4 is 89.5 Å². The Morgan fingerprint density at radius 3 is 1.11 bits per heavy atom. The van der Waals surface area contributed by atoms with Gasteiger partial charge in [0.25, 0.3) is 5.91 Å². The van der Waals surface area contributed by atoms with E-state index in [0.29, 0.717) is 24.9 Å². The van der Waals surface area contributed by atoms with Crippen LogP contribution in [0.1, 0.15) is 115 Å². The summed E-state index contributed by atoms with van der Waals surface area (Å²) in [4.78, 5) is 177. The molecule has 12 amide bonds. The third kappa shape index (κ3) is 42.3. The fourth-order valence-electron chi connectivity index (χ4n) is 9.81. The lowest BCUT2D eigenvalue weighted by atomic mass is 10.0. The van der Waals surface area contributed by atoms with Crippen molar-refractivity contribution in [2.45, 2.75) is 202 Å². The zero-order chi connectivity index (χ0) is 77.6. The zero-order valence-electron chi connectivity index (χ0n) is 58.5. The van der Waals surface area contributed by atoms with Crippen molar-refractivity contribution in [1.82, 2.24) is 79.8 Å². The number of carbonyl (C=O) groups excluding carboxylic acids is 12. The topological polar surface area (TPSA) is 753 Å². The van der Waals surface area contributed by atoms with Crippen LogP contribution in [0.15, 0.2) is 24.3 Å². The highest BCUT2D eigenvalue weighted by molar-refractivity contribution is 7.80. The van der Waals surface area contributed by atoms with Crippen LogP contribution < -0.4 is 143 Å². The molecule has 103 heavy (non-hydrogen) atoms. The van der Waals surface area contributed by atoms with E-state index in [0.717, 1.165) is 0 Å². The standard InChI is InChI=1S/C60H114N26O16S/c1-32(88)72-23-5-3-11-38(79-49(94)36(12-6-24-73-57(64)65)78-46(91)29-77-48(93)43(85-47(92)35(62)30-87)28-33-16-18-34(89)19-17-33)51(96)80-37(10-2-4-22-61)50(95)81-39(13-7-25-74-58(66)67)52(97)82-40(14-8-26-75-59(68)69)53(98)84-42(20-21-45(63)90)55(100)83-41(15-9-27-76-60(70)71)54(99)86-44(31-103)56(101)102/h16-19,35-44,57-60,73-76,87,89,103H,2-15,20-31,61-62,64-71H2,1H3,(H2,63,90)(H,72,88)(H,77,93)(H,78,91)(H,79,94)(H,80,96)(H,81,95)(H,82,97)(H,83,100)(H,84,98)(H,85,92)(H,86,99)(H,101,102)/p+2/t35-,36-,37-,38-,39-,40-,41-,42-,43-,44-/m0/s1. The van der Waals surface area contributed by atoms with Crippen molar-refractivity contribution in [3.8, 4) is 5.75 Å². The average molecular weight is 1490 g/mol. The van der Waals surface area contributed by atoms with Gasteiger partial charge in [-0.05, 0) is 140 Å². The number of aliphatic hydroxyl groups excluding tert-OH is 1. The number of quaternary nitrogens is 2. The number of nitrogens with one attached hydrogen (secondary N) is 15. The number of nitrogens with two attached hydrogens (primary N) is 9. The molecule has 0 radical (unpaired) electrons. The van der Waals surface area contributed by atoms with Gasteiger partial charge in [-0.15, -0.1) is 0 Å². The van der Waals surface area contributed by atoms with Gasteiger partial charge in [-0.2, -0.15) is 12.6 Å². The second-order valence-corrected chi connectivity index (χ2v) is 24.8. The number of carboxylic acids is 1. The summed E-state index contributed by atoms with van der Waals surface area (Å²) in [6.45, 7) is 0.963. The maximum absolute atomic E-state index is 14.8. The minimum Gasteiger partial charge on any atom is -0.508 e. The lowest BCUT2D eigenvalue weighted by Gasteiger charge is -2.28. The van der Waals surface area contributed by atoms with Crippen LogP contribution in [-0.2, 0) is 68.7 Å². The second kappa shape index (κ2) is 52.8. The highest BCUT2D eigenvalue weighted by Crippen LogP contribution is 2.14. The van der Waals surface area contributed by atoms with Crippen LogP contribution in [0, 0.1) is 0 Å². The smallest absolute Gasteiger partial charge is 0.327 e. The molecule has 0 aromatic heterocycles. The van der Waals surface area contributed by atoms with Gasteiger partial charge in [0.2, 0.25) is 65.0 Å². The molecule has 0 spiro atoms. The van der Waals surface area contributed by atoms with Crippen LogP contribution >= 0.6 is 12.6 Å². The van der Waals surface area contributed by atoms with Crippen LogP contribution in [0.5, 0.6) is 5.75 Å². The molecule has 586 valence electrons. The number of benzene rings is 1. The van der Waals surface area contributed by atoms with Gasteiger partial charge >= 0.3 is 5.97 Å². The minimum absolute atomic E-state index is 0.0572. The molecule has 1 aromatic rings. The van der Waals surface area contributed by atoms with Crippen molar-refractivity contribution in [3.63, 3.8) is 0 Å². The summed E-state index contributed by atoms with van der Waals surface area (Å²) in [5.74, 6) is -12.2. The maximum atomic E-state index is 14.8. The lowest BCUT2D eigenvalue weighted by molar-refractivity contribution is -0.409. The third-order valence-corrected chi connectivity index (χ3v) is 15.8. The molecule has 0 aliphatic carbocycles. The SMILES string of the molecule is CC(=O)NCCCC[C@H](NC(=O)[C@H](CCCNC(N)N)NC(=O)CNC(=O)[C@H](Cc1ccc(O)cc1)NC(=O)[C@@H]([NH3+])CO)C(=O)N[C@@H](CCCC[NH3+])C(=O)N[C@@H](CCCNC(N)N)C(=O)N[C@@H](CCCNC(N)N)C(=O)N[C@@H](CCC(N)=O)C(=O)N[C@@H](CCCNC(N)N)C(=O)N[C@@H](CS)C(=O)O. The number of aromatic hydroxyl groups is 1. The van der Waals surface area contributed by atoms with Gasteiger partial charge in [0, 0.05) is 32.1 Å². The van der Waals surface area contributed by atoms with E-state index in [4.69, 9.17) is 51.6 Å². The number of aliphatic hydroxyl groups is 1. The molecule has 0 heterocycles. The quantitative estimate of drug-likeness (QED) is 0.0164. The zero-order valence-corrected chi connectivity index (χ0v) is 59.4. The Balaban J connectivity index is 3.85. The fourth-order valence-corrected chi connectivity index (χ4v) is 10.1. The Morgan fingerprint density at radius 1 is 0.437 bits per heavy atom. The summed E-state index contributed by atoms with van der Waals surface area (Å²) in [7, 11) is 0. The molecule has 0 unspecified atom stereocenters. The lowest BCUT2D eigenvalue weighted by Crippen LogP contribution is -2.70.